The van der Waals surface area contributed by atoms with Crippen LogP contribution in [-0.2, 0) is 4.74 Å². The lowest BCUT2D eigenvalue weighted by Gasteiger charge is -2.32. The van der Waals surface area contributed by atoms with Crippen molar-refractivity contribution in [2.24, 2.45) is 0 Å². The van der Waals surface area contributed by atoms with Crippen LogP contribution in [0, 0.1) is 5.21 Å². The molecular weight excluding hydrogens is 234 g/mol. The Balaban J connectivity index is 2.13. The third-order valence-electron chi connectivity index (χ3n) is 2.64. The summed E-state index contributed by atoms with van der Waals surface area (Å²) in [6.07, 6.45) is -2.49. The van der Waals surface area contributed by atoms with Crippen LogP contribution in [0.1, 0.15) is 0 Å². The van der Waals surface area contributed by atoms with Gasteiger partial charge in [-0.1, -0.05) is 0 Å². The molecule has 2 amide bonds. The molecule has 0 aromatic carbocycles. The number of quaternary nitrogens is 1. The summed E-state index contributed by atoms with van der Waals surface area (Å²) in [6.45, 7) is -0.479. The molecule has 2 heterocycles. The molecule has 2 rings (SSSR count). The van der Waals surface area contributed by atoms with E-state index in [2.05, 4.69) is 0 Å². The summed E-state index contributed by atoms with van der Waals surface area (Å²) in [6, 6.07) is -0.757. The number of rotatable bonds is 2. The van der Waals surface area contributed by atoms with Gasteiger partial charge in [0.15, 0.2) is 6.23 Å². The Bertz CT molecular complexity index is 337. The van der Waals surface area contributed by atoms with Crippen LogP contribution < -0.4 is 10.6 Å². The van der Waals surface area contributed by atoms with Gasteiger partial charge in [-0.05, 0) is 0 Å². The molecule has 9 nitrogen and oxygen atoms in total. The van der Waals surface area contributed by atoms with E-state index in [9.17, 15) is 20.2 Å². The van der Waals surface area contributed by atoms with Gasteiger partial charge in [0, 0.05) is 0 Å². The quantitative estimate of drug-likeness (QED) is 0.318. The lowest BCUT2D eigenvalue weighted by atomic mass is 10.1. The number of nitrogens with one attached hydrogen (secondary N) is 2. The predicted octanol–water partition coefficient (Wildman–Crippen LogP) is -3.78. The van der Waals surface area contributed by atoms with Gasteiger partial charge in [-0.2, -0.15) is 5.43 Å². The molecule has 0 aliphatic carbocycles. The maximum absolute atomic E-state index is 11.4. The highest BCUT2D eigenvalue weighted by Crippen LogP contribution is 2.24. The average Bonchev–Trinajstić information content (AvgIpc) is 2.57. The van der Waals surface area contributed by atoms with E-state index >= 15 is 0 Å². The Kier molecular flexibility index (Phi) is 3.28. The zero-order valence-electron chi connectivity index (χ0n) is 8.68. The van der Waals surface area contributed by atoms with Crippen molar-refractivity contribution < 1.29 is 30.0 Å². The third-order valence-corrected chi connectivity index (χ3v) is 2.64. The van der Waals surface area contributed by atoms with E-state index in [0.717, 1.165) is 17.3 Å². The minimum Gasteiger partial charge on any atom is -0.603 e. The van der Waals surface area contributed by atoms with Gasteiger partial charge in [-0.15, -0.1) is 0 Å². The molecule has 5 atom stereocenters. The summed E-state index contributed by atoms with van der Waals surface area (Å²) < 4.78 is 5.13. The van der Waals surface area contributed by atoms with Crippen LogP contribution in [0.15, 0.2) is 12.4 Å². The van der Waals surface area contributed by atoms with Gasteiger partial charge in [0.1, 0.15) is 24.5 Å². The first-order chi connectivity index (χ1) is 8.04. The normalized spacial score (nSPS) is 41.8. The highest BCUT2D eigenvalue weighted by molar-refractivity contribution is 5.74. The van der Waals surface area contributed by atoms with Crippen molar-refractivity contribution in [1.82, 2.24) is 10.3 Å². The molecule has 0 saturated carbocycles. The zero-order valence-corrected chi connectivity index (χ0v) is 8.68. The number of aliphatic hydroxyl groups is 3. The van der Waals surface area contributed by atoms with E-state index < -0.39 is 42.4 Å². The fourth-order valence-electron chi connectivity index (χ4n) is 1.74. The van der Waals surface area contributed by atoms with Crippen molar-refractivity contribution in [1.29, 1.82) is 0 Å². The SMILES string of the molecule is O=C1N[NH+]([O-])C=CN1[C@H]1O[C@@H](CO)[C@@H](O)[C@@H]1O. The lowest BCUT2D eigenvalue weighted by Crippen LogP contribution is -3.12. The zero-order chi connectivity index (χ0) is 12.6. The summed E-state index contributed by atoms with van der Waals surface area (Å²) >= 11 is 0. The summed E-state index contributed by atoms with van der Waals surface area (Å²) in [5.74, 6) is 0. The van der Waals surface area contributed by atoms with Crippen LogP contribution in [0.4, 0.5) is 4.79 Å². The second-order valence-electron chi connectivity index (χ2n) is 3.75. The highest BCUT2D eigenvalue weighted by atomic mass is 16.6. The van der Waals surface area contributed by atoms with Crippen LogP contribution in [0.5, 0.6) is 0 Å². The van der Waals surface area contributed by atoms with Crippen molar-refractivity contribution in [3.8, 4) is 0 Å². The summed E-state index contributed by atoms with van der Waals surface area (Å²) in [4.78, 5) is 12.4. The van der Waals surface area contributed by atoms with Crippen LogP contribution in [0.3, 0.4) is 0 Å². The number of amides is 2. The first-order valence-corrected chi connectivity index (χ1v) is 4.98. The predicted molar refractivity (Wildman–Crippen MR) is 51.6 cm³/mol. The average molecular weight is 247 g/mol. The third kappa shape index (κ3) is 2.11. The maximum atomic E-state index is 11.4. The number of carbonyl (C=O) groups excluding carboxylic acids is 1. The van der Waals surface area contributed by atoms with E-state index in [-0.39, 0.29) is 0 Å². The second kappa shape index (κ2) is 4.56. The molecule has 0 spiro atoms. The van der Waals surface area contributed by atoms with E-state index in [1.807, 2.05) is 5.43 Å². The summed E-state index contributed by atoms with van der Waals surface area (Å²) in [5.41, 5.74) is 2.00. The Morgan fingerprint density at radius 2 is 2.24 bits per heavy atom. The molecule has 2 aliphatic rings. The fraction of sp³-hybridized carbons (Fsp3) is 0.625. The van der Waals surface area contributed by atoms with Crippen LogP contribution >= 0.6 is 0 Å². The van der Waals surface area contributed by atoms with Gasteiger partial charge in [-0.3, -0.25) is 4.90 Å². The first kappa shape index (κ1) is 12.2. The summed E-state index contributed by atoms with van der Waals surface area (Å²) in [5, 5.41) is 38.4. The highest BCUT2D eigenvalue weighted by Gasteiger charge is 2.47. The smallest absolute Gasteiger partial charge is 0.368 e. The number of carbonyl (C=O) groups is 1. The maximum Gasteiger partial charge on any atom is 0.368 e. The number of ether oxygens (including phenoxy) is 1. The number of hydroxylamine groups is 1. The van der Waals surface area contributed by atoms with Gasteiger partial charge >= 0.3 is 6.03 Å². The van der Waals surface area contributed by atoms with Gasteiger partial charge in [0.25, 0.3) is 0 Å². The molecular formula is C8H13N3O6. The molecule has 0 radical (unpaired) electrons. The van der Waals surface area contributed by atoms with Crippen LogP contribution in [0.25, 0.3) is 0 Å². The molecule has 9 heteroatoms. The van der Waals surface area contributed by atoms with E-state index in [1.54, 1.807) is 0 Å². The molecule has 0 bridgehead atoms. The van der Waals surface area contributed by atoms with Gasteiger partial charge in [0.2, 0.25) is 0 Å². The number of hydrogen-bond donors (Lipinski definition) is 5. The van der Waals surface area contributed by atoms with Crippen molar-refractivity contribution >= 4 is 6.03 Å². The Morgan fingerprint density at radius 1 is 1.53 bits per heavy atom. The van der Waals surface area contributed by atoms with E-state index in [4.69, 9.17) is 9.84 Å². The molecule has 5 N–H and O–H groups in total. The van der Waals surface area contributed by atoms with Crippen molar-refractivity contribution in [2.45, 2.75) is 24.5 Å². The van der Waals surface area contributed by atoms with Crippen LogP contribution in [0.2, 0.25) is 0 Å². The van der Waals surface area contributed by atoms with Crippen molar-refractivity contribution in [3.05, 3.63) is 17.6 Å². The minimum absolute atomic E-state index is 0.479. The van der Waals surface area contributed by atoms with Gasteiger partial charge in [-0.25, -0.2) is 9.97 Å². The van der Waals surface area contributed by atoms with Crippen LogP contribution in [-0.4, -0.2) is 57.4 Å². The van der Waals surface area contributed by atoms with E-state index in [1.165, 1.54) is 0 Å². The molecule has 17 heavy (non-hydrogen) atoms. The first-order valence-electron chi connectivity index (χ1n) is 4.98. The monoisotopic (exact) mass is 247 g/mol. The standard InChI is InChI=1S/C8H13N3O6/c12-3-4-5(13)6(14)7(17-4)10-1-2-11(16)9-8(10)15/h1-2,4-7,11-14H,3H2,(H,9,15)/t4-,5+,6-,7-/m0/s1. The lowest BCUT2D eigenvalue weighted by molar-refractivity contribution is -0.834. The minimum atomic E-state index is -1.35. The largest absolute Gasteiger partial charge is 0.603 e. The Labute approximate surface area is 96.0 Å². The molecule has 1 saturated heterocycles. The molecule has 2 aliphatic heterocycles. The molecule has 96 valence electrons. The van der Waals surface area contributed by atoms with Gasteiger partial charge in [0.05, 0.1) is 12.8 Å². The molecule has 0 aromatic rings. The Hall–Kier alpha value is -1.23. The second-order valence-corrected chi connectivity index (χ2v) is 3.75. The Morgan fingerprint density at radius 3 is 2.76 bits per heavy atom. The molecule has 0 aromatic heterocycles. The van der Waals surface area contributed by atoms with Crippen molar-refractivity contribution in [2.75, 3.05) is 6.61 Å². The topological polar surface area (TPSA) is 130 Å². The van der Waals surface area contributed by atoms with Crippen molar-refractivity contribution in [3.63, 3.8) is 0 Å². The summed E-state index contributed by atoms with van der Waals surface area (Å²) in [7, 11) is 0. The number of aliphatic hydroxyl groups excluding tert-OH is 3. The molecule has 1 unspecified atom stereocenters. The fourth-order valence-corrected chi connectivity index (χ4v) is 1.74. The number of urea groups is 1. The molecule has 1 fully saturated rings. The number of nitrogens with zero attached hydrogens (tertiary/aromatic N) is 1. The number of hydrogen-bond acceptors (Lipinski definition) is 6. The van der Waals surface area contributed by atoms with Gasteiger partial charge < -0.3 is 25.3 Å². The van der Waals surface area contributed by atoms with E-state index in [0.29, 0.717) is 0 Å².